The molecule has 0 atom stereocenters. The van der Waals surface area contributed by atoms with Gasteiger partial charge >= 0.3 is 6.18 Å². The van der Waals surface area contributed by atoms with Crippen molar-refractivity contribution in [2.24, 2.45) is 0 Å². The summed E-state index contributed by atoms with van der Waals surface area (Å²) in [7, 11) is 0. The lowest BCUT2D eigenvalue weighted by molar-refractivity contribution is -0.383. The van der Waals surface area contributed by atoms with Crippen LogP contribution in [0.15, 0.2) is 36.4 Å². The summed E-state index contributed by atoms with van der Waals surface area (Å²) >= 11 is 0. The average Bonchev–Trinajstić information content (AvgIpc) is 2.50. The van der Waals surface area contributed by atoms with Gasteiger partial charge < -0.3 is 15.8 Å². The summed E-state index contributed by atoms with van der Waals surface area (Å²) < 4.78 is 40.9. The minimum Gasteiger partial charge on any atom is -0.468 e. The van der Waals surface area contributed by atoms with Crippen LogP contribution in [0.25, 0.3) is 0 Å². The van der Waals surface area contributed by atoms with E-state index in [1.165, 1.54) is 30.3 Å². The van der Waals surface area contributed by atoms with Crippen molar-refractivity contribution in [2.75, 3.05) is 17.7 Å². The van der Waals surface area contributed by atoms with E-state index in [0.29, 0.717) is 11.4 Å². The topological polar surface area (TPSA) is 103 Å². The highest BCUT2D eigenvalue weighted by molar-refractivity contribution is 5.67. The molecule has 1 aromatic carbocycles. The maximum atomic E-state index is 12.1. The molecular formula is C14H13F3N4O3. The quantitative estimate of drug-likeness (QED) is 0.475. The zero-order valence-electron chi connectivity index (χ0n) is 12.2. The Balaban J connectivity index is 2.07. The van der Waals surface area contributed by atoms with Crippen molar-refractivity contribution in [3.8, 4) is 5.88 Å². The van der Waals surface area contributed by atoms with Crippen LogP contribution in [0, 0.1) is 10.1 Å². The number of nitro benzene ring substituents is 1. The molecule has 0 aliphatic rings. The largest absolute Gasteiger partial charge is 0.468 e. The molecule has 24 heavy (non-hydrogen) atoms. The molecule has 2 rings (SSSR count). The first-order chi connectivity index (χ1) is 11.2. The van der Waals surface area contributed by atoms with Crippen LogP contribution in [0.4, 0.5) is 30.2 Å². The van der Waals surface area contributed by atoms with Crippen molar-refractivity contribution < 1.29 is 22.8 Å². The average molecular weight is 342 g/mol. The second kappa shape index (κ2) is 7.02. The molecule has 0 saturated heterocycles. The van der Waals surface area contributed by atoms with E-state index in [1.54, 1.807) is 6.07 Å². The van der Waals surface area contributed by atoms with E-state index in [9.17, 15) is 23.3 Å². The monoisotopic (exact) mass is 342 g/mol. The maximum absolute atomic E-state index is 12.1. The number of rotatable bonds is 6. The summed E-state index contributed by atoms with van der Waals surface area (Å²) in [4.78, 5) is 14.3. The highest BCUT2D eigenvalue weighted by atomic mass is 19.4. The Bertz CT molecular complexity index is 737. The minimum atomic E-state index is -4.46. The Morgan fingerprint density at radius 3 is 2.71 bits per heavy atom. The number of alkyl halides is 3. The third kappa shape index (κ3) is 5.00. The van der Waals surface area contributed by atoms with E-state index < -0.39 is 17.7 Å². The van der Waals surface area contributed by atoms with E-state index in [2.05, 4.69) is 15.0 Å². The van der Waals surface area contributed by atoms with Gasteiger partial charge in [-0.15, -0.1) is 0 Å². The first kappa shape index (κ1) is 17.3. The van der Waals surface area contributed by atoms with Gasteiger partial charge in [-0.1, -0.05) is 6.07 Å². The van der Waals surface area contributed by atoms with Crippen LogP contribution in [0.2, 0.25) is 0 Å². The van der Waals surface area contributed by atoms with Gasteiger partial charge in [0.05, 0.1) is 17.2 Å². The number of hydrogen-bond acceptors (Lipinski definition) is 6. The van der Waals surface area contributed by atoms with E-state index >= 15 is 0 Å². The van der Waals surface area contributed by atoms with Crippen molar-refractivity contribution in [3.05, 3.63) is 52.2 Å². The molecular weight excluding hydrogens is 329 g/mol. The lowest BCUT2D eigenvalue weighted by Crippen LogP contribution is -2.19. The normalized spacial score (nSPS) is 11.1. The number of anilines is 2. The lowest BCUT2D eigenvalue weighted by atomic mass is 10.2. The number of pyridine rings is 1. The highest BCUT2D eigenvalue weighted by Crippen LogP contribution is 2.27. The molecule has 0 saturated carbocycles. The van der Waals surface area contributed by atoms with Gasteiger partial charge in [0.1, 0.15) is 5.69 Å². The van der Waals surface area contributed by atoms with Gasteiger partial charge in [0.25, 0.3) is 5.69 Å². The van der Waals surface area contributed by atoms with Gasteiger partial charge in [-0.05, 0) is 18.2 Å². The summed E-state index contributed by atoms with van der Waals surface area (Å²) in [5.74, 6) is -0.186. The zero-order valence-corrected chi connectivity index (χ0v) is 12.2. The number of ether oxygens (including phenoxy) is 1. The number of halogens is 3. The van der Waals surface area contributed by atoms with Crippen LogP contribution < -0.4 is 15.8 Å². The van der Waals surface area contributed by atoms with Gasteiger partial charge in [-0.25, -0.2) is 4.98 Å². The second-order valence-electron chi connectivity index (χ2n) is 4.76. The number of nitrogens with two attached hydrogens (primary N) is 1. The molecule has 1 heterocycles. The standard InChI is InChI=1S/C14H13F3N4O3/c15-14(16,17)8-24-13-3-1-2-10(20-13)7-19-11-6-9(18)4-5-12(11)21(22)23/h1-6,19H,7-8,18H2. The van der Waals surface area contributed by atoms with Crippen LogP contribution in [-0.4, -0.2) is 22.7 Å². The highest BCUT2D eigenvalue weighted by Gasteiger charge is 2.28. The summed E-state index contributed by atoms with van der Waals surface area (Å²) in [5.41, 5.74) is 6.29. The molecule has 0 amide bonds. The third-order valence-corrected chi connectivity index (χ3v) is 2.84. The number of hydrogen-bond donors (Lipinski definition) is 2. The molecule has 10 heteroatoms. The molecule has 0 aliphatic carbocycles. The fourth-order valence-corrected chi connectivity index (χ4v) is 1.83. The SMILES string of the molecule is Nc1ccc([N+](=O)[O-])c(NCc2cccc(OCC(F)(F)F)n2)c1. The Hall–Kier alpha value is -3.04. The molecule has 0 unspecified atom stereocenters. The molecule has 0 spiro atoms. The Morgan fingerprint density at radius 1 is 1.29 bits per heavy atom. The maximum Gasteiger partial charge on any atom is 0.422 e. The summed E-state index contributed by atoms with van der Waals surface area (Å²) in [6.07, 6.45) is -4.46. The Labute approximate surface area is 134 Å². The second-order valence-corrected chi connectivity index (χ2v) is 4.76. The number of nitrogens with one attached hydrogen (secondary N) is 1. The molecule has 1 aromatic heterocycles. The van der Waals surface area contributed by atoms with Crippen molar-refractivity contribution >= 4 is 17.1 Å². The lowest BCUT2D eigenvalue weighted by Gasteiger charge is -2.10. The Kier molecular flexibility index (Phi) is 5.07. The molecule has 7 nitrogen and oxygen atoms in total. The van der Waals surface area contributed by atoms with Gasteiger partial charge in [-0.2, -0.15) is 13.2 Å². The molecule has 3 N–H and O–H groups in total. The fraction of sp³-hybridized carbons (Fsp3) is 0.214. The summed E-state index contributed by atoms with van der Waals surface area (Å²) in [6, 6.07) is 8.36. The number of nitrogen functional groups attached to an aromatic ring is 1. The van der Waals surface area contributed by atoms with Crippen molar-refractivity contribution in [1.82, 2.24) is 4.98 Å². The fourth-order valence-electron chi connectivity index (χ4n) is 1.83. The summed E-state index contributed by atoms with van der Waals surface area (Å²) in [5, 5.41) is 13.7. The molecule has 2 aromatic rings. The van der Waals surface area contributed by atoms with Crippen molar-refractivity contribution in [2.45, 2.75) is 12.7 Å². The minimum absolute atomic E-state index is 0.0491. The van der Waals surface area contributed by atoms with Gasteiger partial charge in [0, 0.05) is 17.8 Å². The molecule has 0 fully saturated rings. The van der Waals surface area contributed by atoms with E-state index in [1.807, 2.05) is 0 Å². The number of benzene rings is 1. The Morgan fingerprint density at radius 2 is 2.04 bits per heavy atom. The van der Waals surface area contributed by atoms with Crippen LogP contribution in [0.1, 0.15) is 5.69 Å². The first-order valence-electron chi connectivity index (χ1n) is 6.68. The first-order valence-corrected chi connectivity index (χ1v) is 6.68. The molecule has 0 bridgehead atoms. The number of aromatic nitrogens is 1. The van der Waals surface area contributed by atoms with E-state index in [-0.39, 0.29) is 23.8 Å². The van der Waals surface area contributed by atoms with E-state index in [0.717, 1.165) is 0 Å². The molecule has 0 radical (unpaired) electrons. The van der Waals surface area contributed by atoms with Crippen molar-refractivity contribution in [1.29, 1.82) is 0 Å². The third-order valence-electron chi connectivity index (χ3n) is 2.84. The van der Waals surface area contributed by atoms with Crippen LogP contribution >= 0.6 is 0 Å². The number of nitro groups is 1. The van der Waals surface area contributed by atoms with Crippen LogP contribution in [-0.2, 0) is 6.54 Å². The predicted molar refractivity (Wildman–Crippen MR) is 80.6 cm³/mol. The molecule has 128 valence electrons. The smallest absolute Gasteiger partial charge is 0.422 e. The van der Waals surface area contributed by atoms with Crippen molar-refractivity contribution in [3.63, 3.8) is 0 Å². The van der Waals surface area contributed by atoms with Crippen LogP contribution in [0.5, 0.6) is 5.88 Å². The van der Waals surface area contributed by atoms with Gasteiger partial charge in [0.15, 0.2) is 6.61 Å². The van der Waals surface area contributed by atoms with Crippen LogP contribution in [0.3, 0.4) is 0 Å². The summed E-state index contributed by atoms with van der Waals surface area (Å²) in [6.45, 7) is -1.40. The molecule has 0 aliphatic heterocycles. The zero-order chi connectivity index (χ0) is 17.7. The van der Waals surface area contributed by atoms with Gasteiger partial charge in [-0.3, -0.25) is 10.1 Å². The van der Waals surface area contributed by atoms with Gasteiger partial charge in [0.2, 0.25) is 5.88 Å². The van der Waals surface area contributed by atoms with E-state index in [4.69, 9.17) is 5.73 Å². The number of nitrogens with zero attached hydrogens (tertiary/aromatic N) is 2. The predicted octanol–water partition coefficient (Wildman–Crippen LogP) is 3.13.